The van der Waals surface area contributed by atoms with Crippen LogP contribution in [0.15, 0.2) is 30.3 Å². The molecule has 19 heavy (non-hydrogen) atoms. The third-order valence-electron chi connectivity index (χ3n) is 2.33. The molecule has 0 bridgehead atoms. The second-order valence-corrected chi connectivity index (χ2v) is 5.51. The monoisotopic (exact) mass is 290 g/mol. The van der Waals surface area contributed by atoms with Crippen LogP contribution in [0.25, 0.3) is 0 Å². The summed E-state index contributed by atoms with van der Waals surface area (Å²) in [7, 11) is 0. The minimum Gasteiger partial charge on any atom is -0.340 e. The Morgan fingerprint density at radius 3 is 2.79 bits per heavy atom. The van der Waals surface area contributed by atoms with Crippen molar-refractivity contribution in [3.8, 4) is 11.8 Å². The molecule has 1 amide bonds. The Bertz CT molecular complexity index is 640. The molecule has 1 aromatic carbocycles. The summed E-state index contributed by atoms with van der Waals surface area (Å²) in [6, 6.07) is 9.60. The summed E-state index contributed by atoms with van der Waals surface area (Å²) in [5, 5.41) is 2.70. The average molecular weight is 291 g/mol. The molecule has 0 fully saturated rings. The number of carbonyl (C=O) groups is 1. The maximum Gasteiger partial charge on any atom is 0.271 e. The molecule has 0 saturated heterocycles. The molecule has 2 aromatic rings. The largest absolute Gasteiger partial charge is 0.340 e. The molecule has 0 atom stereocenters. The van der Waals surface area contributed by atoms with Gasteiger partial charge >= 0.3 is 0 Å². The van der Waals surface area contributed by atoms with E-state index >= 15 is 0 Å². The third-order valence-corrected chi connectivity index (χ3v) is 3.40. The van der Waals surface area contributed by atoms with E-state index in [1.54, 1.807) is 0 Å². The van der Waals surface area contributed by atoms with E-state index in [0.717, 1.165) is 10.4 Å². The number of amides is 1. The zero-order valence-electron chi connectivity index (χ0n) is 10.2. The van der Waals surface area contributed by atoms with Crippen LogP contribution in [0.2, 0.25) is 4.47 Å². The lowest BCUT2D eigenvalue weighted by molar-refractivity contribution is 0.0954. The Morgan fingerprint density at radius 2 is 2.16 bits per heavy atom. The van der Waals surface area contributed by atoms with Gasteiger partial charge in [-0.15, -0.1) is 11.3 Å². The van der Waals surface area contributed by atoms with Crippen LogP contribution in [-0.2, 0) is 0 Å². The molecular weight excluding hydrogens is 280 g/mol. The van der Waals surface area contributed by atoms with Gasteiger partial charge in [0.15, 0.2) is 4.47 Å². The molecule has 0 aliphatic carbocycles. The van der Waals surface area contributed by atoms with E-state index in [1.807, 2.05) is 37.3 Å². The van der Waals surface area contributed by atoms with Gasteiger partial charge in [0, 0.05) is 10.4 Å². The molecule has 0 unspecified atom stereocenters. The number of nitrogens with one attached hydrogen (secondary N) is 1. The Labute approximate surface area is 120 Å². The zero-order valence-corrected chi connectivity index (χ0v) is 11.8. The number of hydrogen-bond acceptors (Lipinski definition) is 3. The number of halogens is 1. The van der Waals surface area contributed by atoms with E-state index in [-0.39, 0.29) is 12.5 Å². The lowest BCUT2D eigenvalue weighted by Gasteiger charge is -1.98. The molecular formula is C14H11ClN2OS. The van der Waals surface area contributed by atoms with Crippen LogP contribution in [0.5, 0.6) is 0 Å². The van der Waals surface area contributed by atoms with Gasteiger partial charge in [-0.05, 0) is 19.1 Å². The molecule has 5 heteroatoms. The number of thiazole rings is 1. The molecule has 0 saturated carbocycles. The average Bonchev–Trinajstić information content (AvgIpc) is 2.75. The number of nitrogens with zero attached hydrogens (tertiary/aromatic N) is 1. The number of carbonyl (C=O) groups excluding carboxylic acids is 1. The van der Waals surface area contributed by atoms with E-state index in [1.165, 1.54) is 11.3 Å². The highest BCUT2D eigenvalue weighted by molar-refractivity contribution is 7.15. The fourth-order valence-electron chi connectivity index (χ4n) is 1.45. The summed E-state index contributed by atoms with van der Waals surface area (Å²) >= 11 is 7.04. The van der Waals surface area contributed by atoms with Crippen LogP contribution in [0.1, 0.15) is 20.9 Å². The first-order chi connectivity index (χ1) is 9.16. The van der Waals surface area contributed by atoms with Gasteiger partial charge in [-0.1, -0.05) is 41.6 Å². The number of benzene rings is 1. The van der Waals surface area contributed by atoms with Crippen molar-refractivity contribution in [3.63, 3.8) is 0 Å². The topological polar surface area (TPSA) is 42.0 Å². The van der Waals surface area contributed by atoms with Crippen molar-refractivity contribution in [1.29, 1.82) is 0 Å². The molecule has 3 nitrogen and oxygen atoms in total. The maximum atomic E-state index is 11.8. The molecule has 0 aliphatic rings. The highest BCUT2D eigenvalue weighted by atomic mass is 35.5. The molecule has 1 heterocycles. The fourth-order valence-corrected chi connectivity index (χ4v) is 2.51. The van der Waals surface area contributed by atoms with Crippen LogP contribution in [0.3, 0.4) is 0 Å². The van der Waals surface area contributed by atoms with Crippen LogP contribution < -0.4 is 5.32 Å². The van der Waals surface area contributed by atoms with Crippen molar-refractivity contribution in [3.05, 3.63) is 50.9 Å². The Kier molecular flexibility index (Phi) is 4.56. The van der Waals surface area contributed by atoms with E-state index in [0.29, 0.717) is 10.2 Å². The standard InChI is InChI=1S/C14H11ClN2OS/c1-10-12(17-14(15)19-10)13(18)16-9-5-8-11-6-3-2-4-7-11/h2-4,6-7H,9H2,1H3,(H,16,18). The lowest BCUT2D eigenvalue weighted by atomic mass is 10.2. The number of aryl methyl sites for hydroxylation is 1. The first kappa shape index (κ1) is 13.6. The van der Waals surface area contributed by atoms with Crippen molar-refractivity contribution in [2.24, 2.45) is 0 Å². The van der Waals surface area contributed by atoms with Crippen molar-refractivity contribution in [1.82, 2.24) is 10.3 Å². The summed E-state index contributed by atoms with van der Waals surface area (Å²) in [6.45, 7) is 2.09. The normalized spacial score (nSPS) is 9.58. The maximum absolute atomic E-state index is 11.8. The molecule has 0 radical (unpaired) electrons. The number of aromatic nitrogens is 1. The Morgan fingerprint density at radius 1 is 1.42 bits per heavy atom. The van der Waals surface area contributed by atoms with Gasteiger partial charge in [0.2, 0.25) is 0 Å². The minimum atomic E-state index is -0.247. The highest BCUT2D eigenvalue weighted by Gasteiger charge is 2.13. The van der Waals surface area contributed by atoms with Crippen LogP contribution in [-0.4, -0.2) is 17.4 Å². The van der Waals surface area contributed by atoms with Crippen LogP contribution >= 0.6 is 22.9 Å². The number of hydrogen-bond donors (Lipinski definition) is 1. The van der Waals surface area contributed by atoms with Crippen molar-refractivity contribution in [2.75, 3.05) is 6.54 Å². The van der Waals surface area contributed by atoms with Crippen molar-refractivity contribution in [2.45, 2.75) is 6.92 Å². The molecule has 2 rings (SSSR count). The predicted octanol–water partition coefficient (Wildman–Crippen LogP) is 2.89. The Balaban J connectivity index is 1.92. The quantitative estimate of drug-likeness (QED) is 0.864. The van der Waals surface area contributed by atoms with Crippen LogP contribution in [0, 0.1) is 18.8 Å². The van der Waals surface area contributed by atoms with Crippen molar-refractivity contribution >= 4 is 28.8 Å². The van der Waals surface area contributed by atoms with Gasteiger partial charge < -0.3 is 5.32 Å². The van der Waals surface area contributed by atoms with Gasteiger partial charge in [0.1, 0.15) is 5.69 Å². The third kappa shape index (κ3) is 3.82. The molecule has 1 aromatic heterocycles. The summed E-state index contributed by atoms with van der Waals surface area (Å²) in [6.07, 6.45) is 0. The van der Waals surface area contributed by atoms with Crippen molar-refractivity contribution < 1.29 is 4.79 Å². The molecule has 0 aliphatic heterocycles. The number of rotatable bonds is 2. The van der Waals surface area contributed by atoms with Crippen LogP contribution in [0.4, 0.5) is 0 Å². The fraction of sp³-hybridized carbons (Fsp3) is 0.143. The molecule has 1 N–H and O–H groups in total. The van der Waals surface area contributed by atoms with Gasteiger partial charge in [0.25, 0.3) is 5.91 Å². The highest BCUT2D eigenvalue weighted by Crippen LogP contribution is 2.21. The molecule has 96 valence electrons. The first-order valence-corrected chi connectivity index (χ1v) is 6.81. The second kappa shape index (κ2) is 6.37. The summed E-state index contributed by atoms with van der Waals surface area (Å²) < 4.78 is 0.373. The summed E-state index contributed by atoms with van der Waals surface area (Å²) in [4.78, 5) is 16.6. The van der Waals surface area contributed by atoms with Gasteiger partial charge in [-0.2, -0.15) is 0 Å². The summed E-state index contributed by atoms with van der Waals surface area (Å²) in [5.41, 5.74) is 1.29. The van der Waals surface area contributed by atoms with Gasteiger partial charge in [-0.25, -0.2) is 4.98 Å². The van der Waals surface area contributed by atoms with Gasteiger partial charge in [-0.3, -0.25) is 4.79 Å². The SMILES string of the molecule is Cc1sc(Cl)nc1C(=O)NCC#Cc1ccccc1. The molecule has 0 spiro atoms. The minimum absolute atomic E-state index is 0.247. The first-order valence-electron chi connectivity index (χ1n) is 5.62. The zero-order chi connectivity index (χ0) is 13.7. The smallest absolute Gasteiger partial charge is 0.271 e. The Hall–Kier alpha value is -1.83. The van der Waals surface area contributed by atoms with E-state index in [9.17, 15) is 4.79 Å². The lowest BCUT2D eigenvalue weighted by Crippen LogP contribution is -2.24. The second-order valence-electron chi connectivity index (χ2n) is 3.72. The van der Waals surface area contributed by atoms with E-state index < -0.39 is 0 Å². The van der Waals surface area contributed by atoms with E-state index in [4.69, 9.17) is 11.6 Å². The predicted molar refractivity (Wildman–Crippen MR) is 77.5 cm³/mol. The van der Waals surface area contributed by atoms with Gasteiger partial charge in [0.05, 0.1) is 6.54 Å². The van der Waals surface area contributed by atoms with E-state index in [2.05, 4.69) is 22.1 Å². The summed E-state index contributed by atoms with van der Waals surface area (Å²) in [5.74, 6) is 5.60.